The molecule has 0 amide bonds. The van der Waals surface area contributed by atoms with Crippen LogP contribution in [-0.2, 0) is 6.42 Å². The first-order chi connectivity index (χ1) is 9.72. The smallest absolute Gasteiger partial charge is 0.213 e. The Hall–Kier alpha value is -2.03. The Bertz CT molecular complexity index is 590. The predicted octanol–water partition coefficient (Wildman–Crippen LogP) is 3.75. The molecular formula is C17H20N2O. The summed E-state index contributed by atoms with van der Waals surface area (Å²) in [6.07, 6.45) is 2.99. The lowest BCUT2D eigenvalue weighted by molar-refractivity contribution is 0.261. The second-order valence-corrected chi connectivity index (χ2v) is 5.64. The lowest BCUT2D eigenvalue weighted by Crippen LogP contribution is -2.05. The topological polar surface area (TPSA) is 34.1 Å². The van der Waals surface area contributed by atoms with Gasteiger partial charge in [0, 0.05) is 30.1 Å². The zero-order valence-electron chi connectivity index (χ0n) is 12.0. The number of ether oxygens (including phenoxy) is 1. The zero-order valence-corrected chi connectivity index (χ0v) is 12.0. The van der Waals surface area contributed by atoms with Gasteiger partial charge in [-0.1, -0.05) is 19.9 Å². The third kappa shape index (κ3) is 2.77. The summed E-state index contributed by atoms with van der Waals surface area (Å²) in [6.45, 7) is 6.01. The number of hydrogen-bond acceptors (Lipinski definition) is 3. The van der Waals surface area contributed by atoms with E-state index in [1.165, 1.54) is 16.8 Å². The number of benzene rings is 1. The molecule has 2 aromatic rings. The second kappa shape index (κ2) is 5.53. The van der Waals surface area contributed by atoms with E-state index in [1.54, 1.807) is 0 Å². The maximum Gasteiger partial charge on any atom is 0.213 e. The Morgan fingerprint density at radius 2 is 2.05 bits per heavy atom. The van der Waals surface area contributed by atoms with Gasteiger partial charge in [-0.2, -0.15) is 0 Å². The number of pyridine rings is 1. The van der Waals surface area contributed by atoms with Crippen LogP contribution in [-0.4, -0.2) is 18.1 Å². The van der Waals surface area contributed by atoms with E-state index in [0.29, 0.717) is 18.4 Å². The Labute approximate surface area is 120 Å². The Morgan fingerprint density at radius 1 is 1.20 bits per heavy atom. The first kappa shape index (κ1) is 13.0. The number of anilines is 1. The van der Waals surface area contributed by atoms with Gasteiger partial charge in [0.05, 0.1) is 6.61 Å². The molecule has 1 aliphatic heterocycles. The van der Waals surface area contributed by atoms with Crippen LogP contribution in [0.25, 0.3) is 11.1 Å². The standard InChI is InChI=1S/C17H20N2O/c1-12(2)11-20-17-6-4-15(10-19-17)13-3-5-16-14(9-13)7-8-18-16/h3-6,9-10,12,18H,7-8,11H2,1-2H3. The van der Waals surface area contributed by atoms with E-state index in [0.717, 1.165) is 18.5 Å². The SMILES string of the molecule is CC(C)COc1ccc(-c2ccc3c(c2)CCN3)cn1. The monoisotopic (exact) mass is 268 g/mol. The van der Waals surface area contributed by atoms with Crippen molar-refractivity contribution >= 4 is 5.69 Å². The summed E-state index contributed by atoms with van der Waals surface area (Å²) in [5.74, 6) is 1.21. The Morgan fingerprint density at radius 3 is 2.80 bits per heavy atom. The van der Waals surface area contributed by atoms with E-state index < -0.39 is 0 Å². The second-order valence-electron chi connectivity index (χ2n) is 5.64. The van der Waals surface area contributed by atoms with Crippen LogP contribution < -0.4 is 10.1 Å². The van der Waals surface area contributed by atoms with Crippen molar-refractivity contribution in [3.8, 4) is 17.0 Å². The van der Waals surface area contributed by atoms with Gasteiger partial charge in [-0.3, -0.25) is 0 Å². The zero-order chi connectivity index (χ0) is 13.9. The third-order valence-electron chi connectivity index (χ3n) is 3.45. The highest BCUT2D eigenvalue weighted by Crippen LogP contribution is 2.28. The number of nitrogens with one attached hydrogen (secondary N) is 1. The molecular weight excluding hydrogens is 248 g/mol. The molecule has 1 aromatic heterocycles. The fraction of sp³-hybridized carbons (Fsp3) is 0.353. The predicted molar refractivity (Wildman–Crippen MR) is 82.2 cm³/mol. The highest BCUT2D eigenvalue weighted by Gasteiger charge is 2.10. The first-order valence-corrected chi connectivity index (χ1v) is 7.18. The van der Waals surface area contributed by atoms with Crippen molar-refractivity contribution in [3.05, 3.63) is 42.1 Å². The molecule has 3 nitrogen and oxygen atoms in total. The number of fused-ring (bicyclic) bond motifs is 1. The van der Waals surface area contributed by atoms with Gasteiger partial charge in [0.1, 0.15) is 0 Å². The summed E-state index contributed by atoms with van der Waals surface area (Å²) in [6, 6.07) is 10.6. The van der Waals surface area contributed by atoms with Crippen molar-refractivity contribution in [1.29, 1.82) is 0 Å². The van der Waals surface area contributed by atoms with Crippen LogP contribution in [0.1, 0.15) is 19.4 Å². The minimum absolute atomic E-state index is 0.515. The maximum absolute atomic E-state index is 5.61. The van der Waals surface area contributed by atoms with Crippen LogP contribution in [0.15, 0.2) is 36.5 Å². The lowest BCUT2D eigenvalue weighted by atomic mass is 10.0. The van der Waals surface area contributed by atoms with E-state index in [9.17, 15) is 0 Å². The fourth-order valence-corrected chi connectivity index (χ4v) is 2.37. The van der Waals surface area contributed by atoms with Gasteiger partial charge >= 0.3 is 0 Å². The summed E-state index contributed by atoms with van der Waals surface area (Å²) in [4.78, 5) is 4.38. The van der Waals surface area contributed by atoms with Gasteiger partial charge in [0.2, 0.25) is 5.88 Å². The molecule has 1 N–H and O–H groups in total. The Kier molecular flexibility index (Phi) is 3.59. The molecule has 0 unspecified atom stereocenters. The summed E-state index contributed by atoms with van der Waals surface area (Å²) in [5.41, 5.74) is 5.01. The Balaban J connectivity index is 1.77. The molecule has 104 valence electrons. The van der Waals surface area contributed by atoms with Gasteiger partial charge in [-0.05, 0) is 41.7 Å². The fourth-order valence-electron chi connectivity index (χ4n) is 2.37. The summed E-state index contributed by atoms with van der Waals surface area (Å²) < 4.78 is 5.61. The number of rotatable bonds is 4. The van der Waals surface area contributed by atoms with Crippen LogP contribution in [0, 0.1) is 5.92 Å². The van der Waals surface area contributed by atoms with E-state index in [2.05, 4.69) is 48.4 Å². The molecule has 3 heteroatoms. The van der Waals surface area contributed by atoms with Crippen molar-refractivity contribution < 1.29 is 4.74 Å². The average Bonchev–Trinajstić information content (AvgIpc) is 2.93. The van der Waals surface area contributed by atoms with Crippen molar-refractivity contribution in [2.75, 3.05) is 18.5 Å². The van der Waals surface area contributed by atoms with Crippen molar-refractivity contribution in [2.24, 2.45) is 5.92 Å². The normalized spacial score (nSPS) is 13.2. The molecule has 0 radical (unpaired) electrons. The first-order valence-electron chi connectivity index (χ1n) is 7.18. The number of nitrogens with zero attached hydrogens (tertiary/aromatic N) is 1. The van der Waals surface area contributed by atoms with Gasteiger partial charge in [-0.25, -0.2) is 4.98 Å². The van der Waals surface area contributed by atoms with E-state index in [-0.39, 0.29) is 0 Å². The molecule has 0 bridgehead atoms. The minimum atomic E-state index is 0.515. The van der Waals surface area contributed by atoms with E-state index >= 15 is 0 Å². The van der Waals surface area contributed by atoms with Crippen molar-refractivity contribution in [2.45, 2.75) is 20.3 Å². The van der Waals surface area contributed by atoms with Gasteiger partial charge < -0.3 is 10.1 Å². The van der Waals surface area contributed by atoms with Gasteiger partial charge in [0.15, 0.2) is 0 Å². The molecule has 1 aromatic carbocycles. The van der Waals surface area contributed by atoms with E-state index in [1.807, 2.05) is 12.3 Å². The molecule has 0 spiro atoms. The lowest BCUT2D eigenvalue weighted by Gasteiger charge is -2.09. The maximum atomic E-state index is 5.61. The minimum Gasteiger partial charge on any atom is -0.477 e. The molecule has 0 aliphatic carbocycles. The summed E-state index contributed by atoms with van der Waals surface area (Å²) in [7, 11) is 0. The summed E-state index contributed by atoms with van der Waals surface area (Å²) in [5, 5.41) is 3.38. The van der Waals surface area contributed by atoms with Crippen LogP contribution in [0.4, 0.5) is 5.69 Å². The number of aromatic nitrogens is 1. The van der Waals surface area contributed by atoms with Gasteiger partial charge in [0.25, 0.3) is 0 Å². The van der Waals surface area contributed by atoms with Gasteiger partial charge in [-0.15, -0.1) is 0 Å². The molecule has 0 fully saturated rings. The molecule has 1 aliphatic rings. The molecule has 0 saturated carbocycles. The van der Waals surface area contributed by atoms with E-state index in [4.69, 9.17) is 4.74 Å². The molecule has 0 saturated heterocycles. The van der Waals surface area contributed by atoms with Crippen LogP contribution in [0.3, 0.4) is 0 Å². The molecule has 0 atom stereocenters. The molecule has 20 heavy (non-hydrogen) atoms. The summed E-state index contributed by atoms with van der Waals surface area (Å²) >= 11 is 0. The van der Waals surface area contributed by atoms with Crippen molar-refractivity contribution in [3.63, 3.8) is 0 Å². The number of hydrogen-bond donors (Lipinski definition) is 1. The quantitative estimate of drug-likeness (QED) is 0.917. The van der Waals surface area contributed by atoms with Crippen LogP contribution in [0.5, 0.6) is 5.88 Å². The molecule has 2 heterocycles. The third-order valence-corrected chi connectivity index (χ3v) is 3.45. The highest BCUT2D eigenvalue weighted by atomic mass is 16.5. The van der Waals surface area contributed by atoms with Crippen LogP contribution >= 0.6 is 0 Å². The largest absolute Gasteiger partial charge is 0.477 e. The highest BCUT2D eigenvalue weighted by molar-refractivity contribution is 5.69. The molecule has 3 rings (SSSR count). The average molecular weight is 268 g/mol. The van der Waals surface area contributed by atoms with Crippen molar-refractivity contribution in [1.82, 2.24) is 4.98 Å². The van der Waals surface area contributed by atoms with Crippen LogP contribution in [0.2, 0.25) is 0 Å².